The summed E-state index contributed by atoms with van der Waals surface area (Å²) in [5, 5.41) is 9.55. The predicted molar refractivity (Wildman–Crippen MR) is 77.8 cm³/mol. The van der Waals surface area contributed by atoms with Crippen LogP contribution in [0.1, 0.15) is 26.5 Å². The second-order valence-corrected chi connectivity index (χ2v) is 5.71. The van der Waals surface area contributed by atoms with Gasteiger partial charge < -0.3 is 10.1 Å². The summed E-state index contributed by atoms with van der Waals surface area (Å²) < 4.78 is 18.0. The first-order valence-corrected chi connectivity index (χ1v) is 6.59. The number of rotatable bonds is 4. The topological polar surface area (TPSA) is 67.0 Å². The zero-order valence-electron chi connectivity index (χ0n) is 12.2. The second kappa shape index (κ2) is 5.95. The van der Waals surface area contributed by atoms with E-state index in [0.29, 0.717) is 11.6 Å². The number of benzene rings is 1. The number of hydrogen-bond acceptors (Lipinski definition) is 3. The van der Waals surface area contributed by atoms with E-state index in [1.165, 1.54) is 24.3 Å². The van der Waals surface area contributed by atoms with Crippen molar-refractivity contribution < 1.29 is 13.9 Å². The lowest BCUT2D eigenvalue weighted by molar-refractivity contribution is -0.118. The van der Waals surface area contributed by atoms with Crippen molar-refractivity contribution in [3.05, 3.63) is 41.8 Å². The number of hydrogen-bond donors (Lipinski definition) is 2. The van der Waals surface area contributed by atoms with E-state index in [1.54, 1.807) is 6.07 Å². The Labute approximate surface area is 122 Å². The van der Waals surface area contributed by atoms with E-state index < -0.39 is 0 Å². The fraction of sp³-hybridized carbons (Fsp3) is 0.333. The van der Waals surface area contributed by atoms with Gasteiger partial charge in [-0.1, -0.05) is 20.8 Å². The minimum Gasteiger partial charge on any atom is -0.484 e. The van der Waals surface area contributed by atoms with Gasteiger partial charge in [-0.3, -0.25) is 9.89 Å². The smallest absolute Gasteiger partial charge is 0.263 e. The molecule has 2 N–H and O–H groups in total. The third-order valence-electron chi connectivity index (χ3n) is 2.84. The fourth-order valence-corrected chi connectivity index (χ4v) is 1.63. The molecule has 0 spiro atoms. The average molecular weight is 291 g/mol. The van der Waals surface area contributed by atoms with Crippen LogP contribution in [0, 0.1) is 5.82 Å². The van der Waals surface area contributed by atoms with Gasteiger partial charge in [-0.2, -0.15) is 5.10 Å². The quantitative estimate of drug-likeness (QED) is 0.910. The van der Waals surface area contributed by atoms with Crippen LogP contribution in [-0.2, 0) is 10.2 Å². The lowest BCUT2D eigenvalue weighted by Crippen LogP contribution is -2.20. The van der Waals surface area contributed by atoms with Crippen LogP contribution >= 0.6 is 0 Å². The summed E-state index contributed by atoms with van der Waals surface area (Å²) in [7, 11) is 0. The third-order valence-corrected chi connectivity index (χ3v) is 2.84. The standard InChI is InChI=1S/C15H18FN3O2/c1-15(2,3)12-8-13(19-18-12)17-14(20)9-21-11-6-4-10(16)5-7-11/h4-8H,9H2,1-3H3,(H2,17,18,19,20). The van der Waals surface area contributed by atoms with E-state index >= 15 is 0 Å². The Morgan fingerprint density at radius 2 is 2.00 bits per heavy atom. The minimum absolute atomic E-state index is 0.0689. The maximum atomic E-state index is 12.7. The molecule has 1 amide bonds. The molecule has 2 aromatic rings. The molecule has 112 valence electrons. The van der Waals surface area contributed by atoms with Crippen LogP contribution in [0.15, 0.2) is 30.3 Å². The SMILES string of the molecule is CC(C)(C)c1cc(NC(=O)COc2ccc(F)cc2)n[nH]1. The van der Waals surface area contributed by atoms with Gasteiger partial charge in [-0.25, -0.2) is 4.39 Å². The summed E-state index contributed by atoms with van der Waals surface area (Å²) in [5.41, 5.74) is 0.859. The average Bonchev–Trinajstić information content (AvgIpc) is 2.86. The molecular formula is C15H18FN3O2. The number of ether oxygens (including phenoxy) is 1. The van der Waals surface area contributed by atoms with Crippen molar-refractivity contribution in [3.63, 3.8) is 0 Å². The maximum absolute atomic E-state index is 12.7. The maximum Gasteiger partial charge on any atom is 0.263 e. The Balaban J connectivity index is 1.87. The first-order chi connectivity index (χ1) is 9.84. The second-order valence-electron chi connectivity index (χ2n) is 5.71. The summed E-state index contributed by atoms with van der Waals surface area (Å²) in [6.07, 6.45) is 0. The van der Waals surface area contributed by atoms with Gasteiger partial charge in [-0.05, 0) is 24.3 Å². The molecule has 0 unspecified atom stereocenters. The summed E-state index contributed by atoms with van der Waals surface area (Å²) in [6, 6.07) is 7.27. The number of amides is 1. The zero-order chi connectivity index (χ0) is 15.5. The molecule has 0 radical (unpaired) electrons. The van der Waals surface area contributed by atoms with Crippen molar-refractivity contribution in [1.29, 1.82) is 0 Å². The van der Waals surface area contributed by atoms with Crippen LogP contribution in [0.4, 0.5) is 10.2 Å². The molecule has 21 heavy (non-hydrogen) atoms. The molecule has 1 heterocycles. The number of halogens is 1. The van der Waals surface area contributed by atoms with Gasteiger partial charge in [0.05, 0.1) is 0 Å². The Hall–Kier alpha value is -2.37. The van der Waals surface area contributed by atoms with Crippen molar-refractivity contribution in [2.24, 2.45) is 0 Å². The van der Waals surface area contributed by atoms with Gasteiger partial charge in [0, 0.05) is 17.2 Å². The fourth-order valence-electron chi connectivity index (χ4n) is 1.63. The van der Waals surface area contributed by atoms with Crippen molar-refractivity contribution in [2.45, 2.75) is 26.2 Å². The number of carbonyl (C=O) groups is 1. The molecule has 0 atom stereocenters. The third kappa shape index (κ3) is 4.30. The van der Waals surface area contributed by atoms with Crippen molar-refractivity contribution in [3.8, 4) is 5.75 Å². The molecule has 0 bridgehead atoms. The van der Waals surface area contributed by atoms with E-state index in [1.807, 2.05) is 20.8 Å². The highest BCUT2D eigenvalue weighted by Gasteiger charge is 2.17. The lowest BCUT2D eigenvalue weighted by Gasteiger charge is -2.14. The Bertz CT molecular complexity index is 615. The molecule has 0 saturated heterocycles. The number of nitrogens with one attached hydrogen (secondary N) is 2. The lowest BCUT2D eigenvalue weighted by atomic mass is 9.92. The highest BCUT2D eigenvalue weighted by atomic mass is 19.1. The molecule has 1 aromatic carbocycles. The Kier molecular flexibility index (Phi) is 4.26. The molecule has 0 aliphatic rings. The number of nitrogens with zero attached hydrogens (tertiary/aromatic N) is 1. The van der Waals surface area contributed by atoms with Gasteiger partial charge in [0.2, 0.25) is 0 Å². The van der Waals surface area contributed by atoms with Gasteiger partial charge in [0.1, 0.15) is 11.6 Å². The van der Waals surface area contributed by atoms with Gasteiger partial charge in [-0.15, -0.1) is 0 Å². The van der Waals surface area contributed by atoms with E-state index in [9.17, 15) is 9.18 Å². The van der Waals surface area contributed by atoms with Crippen molar-refractivity contribution in [2.75, 3.05) is 11.9 Å². The number of H-pyrrole nitrogens is 1. The van der Waals surface area contributed by atoms with Crippen LogP contribution < -0.4 is 10.1 Å². The predicted octanol–water partition coefficient (Wildman–Crippen LogP) is 2.86. The summed E-state index contributed by atoms with van der Waals surface area (Å²) in [5.74, 6) is 0.209. The van der Waals surface area contributed by atoms with Crippen molar-refractivity contribution >= 4 is 11.7 Å². The van der Waals surface area contributed by atoms with Gasteiger partial charge in [0.15, 0.2) is 12.4 Å². The highest BCUT2D eigenvalue weighted by molar-refractivity contribution is 5.91. The number of aromatic nitrogens is 2. The molecular weight excluding hydrogens is 273 g/mol. The molecule has 6 heteroatoms. The molecule has 0 saturated carbocycles. The molecule has 2 rings (SSSR count). The molecule has 0 fully saturated rings. The first-order valence-electron chi connectivity index (χ1n) is 6.59. The minimum atomic E-state index is -0.349. The van der Waals surface area contributed by atoms with Crippen LogP contribution in [-0.4, -0.2) is 22.7 Å². The summed E-state index contributed by atoms with van der Waals surface area (Å²) in [6.45, 7) is 5.97. The number of anilines is 1. The van der Waals surface area contributed by atoms with Gasteiger partial charge in [0.25, 0.3) is 5.91 Å². The van der Waals surface area contributed by atoms with Gasteiger partial charge >= 0.3 is 0 Å². The number of aromatic amines is 1. The normalized spacial score (nSPS) is 11.2. The Morgan fingerprint density at radius 1 is 1.33 bits per heavy atom. The summed E-state index contributed by atoms with van der Waals surface area (Å²) >= 11 is 0. The van der Waals surface area contributed by atoms with E-state index in [-0.39, 0.29) is 23.7 Å². The molecule has 5 nitrogen and oxygen atoms in total. The van der Waals surface area contributed by atoms with Crippen LogP contribution in [0.25, 0.3) is 0 Å². The monoisotopic (exact) mass is 291 g/mol. The number of carbonyl (C=O) groups excluding carboxylic acids is 1. The van der Waals surface area contributed by atoms with Crippen LogP contribution in [0.2, 0.25) is 0 Å². The van der Waals surface area contributed by atoms with Crippen molar-refractivity contribution in [1.82, 2.24) is 10.2 Å². The van der Waals surface area contributed by atoms with E-state index in [0.717, 1.165) is 5.69 Å². The molecule has 0 aliphatic heterocycles. The molecule has 1 aromatic heterocycles. The first kappa shape index (κ1) is 15.0. The zero-order valence-corrected chi connectivity index (χ0v) is 12.2. The van der Waals surface area contributed by atoms with E-state index in [4.69, 9.17) is 4.74 Å². The summed E-state index contributed by atoms with van der Waals surface area (Å²) in [4.78, 5) is 11.7. The largest absolute Gasteiger partial charge is 0.484 e. The molecule has 0 aliphatic carbocycles. The highest BCUT2D eigenvalue weighted by Crippen LogP contribution is 2.21. The Morgan fingerprint density at radius 3 is 2.57 bits per heavy atom. The van der Waals surface area contributed by atoms with Crippen LogP contribution in [0.3, 0.4) is 0 Å². The van der Waals surface area contributed by atoms with E-state index in [2.05, 4.69) is 15.5 Å². The van der Waals surface area contributed by atoms with Crippen LogP contribution in [0.5, 0.6) is 5.75 Å².